The molecule has 0 fully saturated rings. The predicted octanol–water partition coefficient (Wildman–Crippen LogP) is 3.20. The van der Waals surface area contributed by atoms with Gasteiger partial charge < -0.3 is 9.57 Å². The summed E-state index contributed by atoms with van der Waals surface area (Å²) in [6.07, 6.45) is 1.38. The first-order valence-electron chi connectivity index (χ1n) is 5.83. The van der Waals surface area contributed by atoms with Gasteiger partial charge in [-0.3, -0.25) is 0 Å². The second-order valence-electron chi connectivity index (χ2n) is 4.00. The van der Waals surface area contributed by atoms with Gasteiger partial charge in [-0.25, -0.2) is 10.3 Å². The fraction of sp³-hybridized carbons (Fsp3) is 0. The molecule has 0 spiro atoms. The molecule has 3 rings (SSSR count). The van der Waals surface area contributed by atoms with E-state index in [0.29, 0.717) is 11.3 Å². The van der Waals surface area contributed by atoms with Crippen LogP contribution in [0.1, 0.15) is 15.9 Å². The first-order chi connectivity index (χ1) is 9.34. The van der Waals surface area contributed by atoms with E-state index in [1.807, 2.05) is 30.3 Å². The smallest absolute Gasteiger partial charge is 0.343 e. The van der Waals surface area contributed by atoms with E-state index in [0.717, 1.165) is 11.3 Å². The highest BCUT2D eigenvalue weighted by molar-refractivity contribution is 5.93. The molecule has 94 valence electrons. The van der Waals surface area contributed by atoms with Crippen LogP contribution in [0.15, 0.2) is 60.9 Å². The molecule has 0 unspecified atom stereocenters. The van der Waals surface area contributed by atoms with Crippen molar-refractivity contribution in [3.63, 3.8) is 0 Å². The Bertz CT molecular complexity index is 635. The van der Waals surface area contributed by atoms with Crippen molar-refractivity contribution in [2.24, 2.45) is 0 Å². The van der Waals surface area contributed by atoms with Gasteiger partial charge in [-0.15, -0.1) is 0 Å². The van der Waals surface area contributed by atoms with Crippen molar-refractivity contribution in [3.8, 4) is 0 Å². The highest BCUT2D eigenvalue weighted by atomic mass is 16.6. The molecule has 2 aromatic carbocycles. The fourth-order valence-corrected chi connectivity index (χ4v) is 1.81. The van der Waals surface area contributed by atoms with E-state index in [9.17, 15) is 4.79 Å². The van der Waals surface area contributed by atoms with E-state index in [1.54, 1.807) is 24.3 Å². The monoisotopic (exact) mass is 253 g/mol. The molecule has 4 nitrogen and oxygen atoms in total. The van der Waals surface area contributed by atoms with Crippen LogP contribution in [0, 0.1) is 0 Å². The zero-order chi connectivity index (χ0) is 13.1. The Balaban J connectivity index is 1.85. The molecule has 0 aliphatic carbocycles. The van der Waals surface area contributed by atoms with E-state index in [2.05, 4.69) is 5.48 Å². The van der Waals surface area contributed by atoms with Crippen LogP contribution in [-0.4, -0.2) is 5.97 Å². The molecule has 1 N–H and O–H groups in total. The van der Waals surface area contributed by atoms with E-state index in [-0.39, 0.29) is 0 Å². The van der Waals surface area contributed by atoms with Crippen molar-refractivity contribution < 1.29 is 14.4 Å². The molecule has 0 bridgehead atoms. The van der Waals surface area contributed by atoms with Crippen LogP contribution >= 0.6 is 0 Å². The van der Waals surface area contributed by atoms with Crippen molar-refractivity contribution in [1.29, 1.82) is 0 Å². The highest BCUT2D eigenvalue weighted by Crippen LogP contribution is 2.28. The molecular weight excluding hydrogens is 242 g/mol. The highest BCUT2D eigenvalue weighted by Gasteiger charge is 2.18. The summed E-state index contributed by atoms with van der Waals surface area (Å²) in [7, 11) is 0. The largest absolute Gasteiger partial charge is 0.419 e. The lowest BCUT2D eigenvalue weighted by Crippen LogP contribution is -2.11. The van der Waals surface area contributed by atoms with Crippen LogP contribution in [0.5, 0.6) is 0 Å². The molecular formula is C15H11NO3. The van der Waals surface area contributed by atoms with Crippen molar-refractivity contribution >= 4 is 17.4 Å². The molecule has 19 heavy (non-hydrogen) atoms. The van der Waals surface area contributed by atoms with Crippen LogP contribution in [0.3, 0.4) is 0 Å². The minimum absolute atomic E-state index is 0.392. The second kappa shape index (κ2) is 4.86. The maximum absolute atomic E-state index is 12.0. The number of fused-ring (bicyclic) bond motifs is 1. The lowest BCUT2D eigenvalue weighted by Gasteiger charge is -2.18. The summed E-state index contributed by atoms with van der Waals surface area (Å²) < 4.78 is 5.36. The Morgan fingerprint density at radius 2 is 1.74 bits per heavy atom. The van der Waals surface area contributed by atoms with Gasteiger partial charge in [0.2, 0.25) is 0 Å². The van der Waals surface area contributed by atoms with Crippen molar-refractivity contribution in [2.75, 3.05) is 5.48 Å². The molecule has 1 aliphatic heterocycles. The van der Waals surface area contributed by atoms with Crippen LogP contribution < -0.4 is 5.48 Å². The van der Waals surface area contributed by atoms with Gasteiger partial charge in [0.1, 0.15) is 0 Å². The summed E-state index contributed by atoms with van der Waals surface area (Å²) in [5.74, 6) is -0.0182. The van der Waals surface area contributed by atoms with Crippen LogP contribution in [0.2, 0.25) is 0 Å². The van der Waals surface area contributed by atoms with Gasteiger partial charge in [-0.05, 0) is 24.3 Å². The van der Waals surface area contributed by atoms with Gasteiger partial charge in [0.25, 0.3) is 0 Å². The van der Waals surface area contributed by atoms with E-state index < -0.39 is 5.97 Å². The number of carbonyl (C=O) groups excluding carboxylic acids is 1. The fourth-order valence-electron chi connectivity index (χ4n) is 1.81. The summed E-state index contributed by atoms with van der Waals surface area (Å²) >= 11 is 0. The molecule has 1 aliphatic rings. The Morgan fingerprint density at radius 1 is 1.00 bits per heavy atom. The predicted molar refractivity (Wildman–Crippen MR) is 71.0 cm³/mol. The summed E-state index contributed by atoms with van der Waals surface area (Å²) in [5, 5.41) is 0. The molecule has 0 radical (unpaired) electrons. The standard InChI is InChI=1S/C15H11NO3/c17-15(11-6-2-1-3-7-11)19-14-10-18-16-13-9-5-4-8-12(13)14/h1-10,16H. The lowest BCUT2D eigenvalue weighted by atomic mass is 10.1. The zero-order valence-corrected chi connectivity index (χ0v) is 10.00. The van der Waals surface area contributed by atoms with Gasteiger partial charge in [-0.2, -0.15) is 0 Å². The topological polar surface area (TPSA) is 47.6 Å². The van der Waals surface area contributed by atoms with E-state index in [1.165, 1.54) is 6.26 Å². The van der Waals surface area contributed by atoms with E-state index in [4.69, 9.17) is 9.57 Å². The maximum atomic E-state index is 12.0. The molecule has 0 saturated heterocycles. The summed E-state index contributed by atoms with van der Waals surface area (Å²) in [6.45, 7) is 0. The number of anilines is 1. The van der Waals surface area contributed by atoms with Gasteiger partial charge >= 0.3 is 5.97 Å². The van der Waals surface area contributed by atoms with Crippen molar-refractivity contribution in [1.82, 2.24) is 0 Å². The summed E-state index contributed by atoms with van der Waals surface area (Å²) in [6, 6.07) is 16.3. The number of para-hydroxylation sites is 1. The number of esters is 1. The second-order valence-corrected chi connectivity index (χ2v) is 4.00. The third-order valence-electron chi connectivity index (χ3n) is 2.74. The Labute approximate surface area is 110 Å². The van der Waals surface area contributed by atoms with E-state index >= 15 is 0 Å². The number of ether oxygens (including phenoxy) is 1. The molecule has 0 atom stereocenters. The van der Waals surface area contributed by atoms with Gasteiger partial charge in [0, 0.05) is 5.56 Å². The lowest BCUT2D eigenvalue weighted by molar-refractivity contribution is 0.0684. The van der Waals surface area contributed by atoms with Gasteiger partial charge in [0.05, 0.1) is 11.3 Å². The Morgan fingerprint density at radius 3 is 2.58 bits per heavy atom. The number of hydrogen-bond donors (Lipinski definition) is 1. The number of carbonyl (C=O) groups is 1. The molecule has 0 aromatic heterocycles. The van der Waals surface area contributed by atoms with Crippen LogP contribution in [0.4, 0.5) is 5.69 Å². The number of hydrogen-bond acceptors (Lipinski definition) is 4. The SMILES string of the molecule is O=C(OC1=CONc2ccccc21)c1ccccc1. The molecule has 1 heterocycles. The van der Waals surface area contributed by atoms with Gasteiger partial charge in [0.15, 0.2) is 12.0 Å². The quantitative estimate of drug-likeness (QED) is 0.835. The first-order valence-corrected chi connectivity index (χ1v) is 5.83. The average molecular weight is 253 g/mol. The molecule has 4 heteroatoms. The maximum Gasteiger partial charge on any atom is 0.343 e. The molecule has 2 aromatic rings. The van der Waals surface area contributed by atoms with Crippen LogP contribution in [0.25, 0.3) is 5.76 Å². The third kappa shape index (κ3) is 2.28. The normalized spacial score (nSPS) is 12.5. The van der Waals surface area contributed by atoms with Crippen molar-refractivity contribution in [2.45, 2.75) is 0 Å². The summed E-state index contributed by atoms with van der Waals surface area (Å²) in [5.41, 5.74) is 4.79. The number of rotatable bonds is 2. The summed E-state index contributed by atoms with van der Waals surface area (Å²) in [4.78, 5) is 17.0. The molecule has 0 saturated carbocycles. The first kappa shape index (κ1) is 11.3. The number of nitrogens with one attached hydrogen (secondary N) is 1. The average Bonchev–Trinajstić information content (AvgIpc) is 2.48. The Hall–Kier alpha value is -2.75. The van der Waals surface area contributed by atoms with Crippen molar-refractivity contribution in [3.05, 3.63) is 72.0 Å². The zero-order valence-electron chi connectivity index (χ0n) is 10.00. The minimum atomic E-state index is -0.410. The Kier molecular flexibility index (Phi) is 2.90. The third-order valence-corrected chi connectivity index (χ3v) is 2.74. The minimum Gasteiger partial charge on any atom is -0.419 e. The molecule has 0 amide bonds. The number of benzene rings is 2. The van der Waals surface area contributed by atoms with Gasteiger partial charge in [-0.1, -0.05) is 30.3 Å². The van der Waals surface area contributed by atoms with Crippen LogP contribution in [-0.2, 0) is 9.57 Å².